The zero-order chi connectivity index (χ0) is 25.1. The molecule has 0 bridgehead atoms. The van der Waals surface area contributed by atoms with Crippen molar-refractivity contribution in [3.8, 4) is 22.7 Å². The molecule has 1 saturated heterocycles. The number of ether oxygens (including phenoxy) is 1. The van der Waals surface area contributed by atoms with E-state index in [1.807, 2.05) is 24.0 Å². The molecule has 1 aliphatic heterocycles. The first-order chi connectivity index (χ1) is 16.9. The molecule has 2 heterocycles. The molecular weight excluding hydrogens is 450 g/mol. The molecule has 2 aromatic carbocycles. The Kier molecular flexibility index (Phi) is 7.02. The lowest BCUT2D eigenvalue weighted by Crippen LogP contribution is -2.33. The van der Waals surface area contributed by atoms with Gasteiger partial charge in [-0.25, -0.2) is 0 Å². The minimum Gasteiger partial charge on any atom is -0.497 e. The van der Waals surface area contributed by atoms with Crippen LogP contribution < -0.4 is 20.1 Å². The molecule has 0 unspecified atom stereocenters. The average molecular weight is 480 g/mol. The summed E-state index contributed by atoms with van der Waals surface area (Å²) < 4.78 is 6.45. The molecule has 0 saturated carbocycles. The van der Waals surface area contributed by atoms with Crippen LogP contribution in [0.3, 0.4) is 0 Å². The summed E-state index contributed by atoms with van der Waals surface area (Å²) in [4.78, 5) is 28.8. The van der Waals surface area contributed by atoms with Gasteiger partial charge in [0.2, 0.25) is 0 Å². The van der Waals surface area contributed by atoms with Gasteiger partial charge in [0.15, 0.2) is 0 Å². The molecule has 35 heavy (non-hydrogen) atoms. The maximum atomic E-state index is 13.6. The second-order valence-electron chi connectivity index (χ2n) is 8.48. The van der Waals surface area contributed by atoms with Gasteiger partial charge in [0.05, 0.1) is 30.4 Å². The maximum Gasteiger partial charge on any atom is 0.295 e. The lowest BCUT2D eigenvalue weighted by Gasteiger charge is -2.26. The van der Waals surface area contributed by atoms with E-state index in [9.17, 15) is 20.0 Å². The predicted octanol–water partition coefficient (Wildman–Crippen LogP) is 3.23. The quantitative estimate of drug-likeness (QED) is 0.387. The van der Waals surface area contributed by atoms with Gasteiger partial charge in [-0.3, -0.25) is 14.9 Å². The second kappa shape index (κ2) is 10.1. The number of nitro groups is 1. The number of aliphatic hydroxyl groups is 1. The van der Waals surface area contributed by atoms with Crippen LogP contribution in [0.25, 0.3) is 16.9 Å². The number of hydrogen-bond donors (Lipinski definition) is 1. The first-order valence-corrected chi connectivity index (χ1v) is 11.5. The van der Waals surface area contributed by atoms with Crippen LogP contribution in [0.15, 0.2) is 53.3 Å². The highest BCUT2D eigenvalue weighted by Crippen LogP contribution is 2.32. The van der Waals surface area contributed by atoms with Gasteiger partial charge < -0.3 is 19.6 Å². The van der Waals surface area contributed by atoms with E-state index in [-0.39, 0.29) is 24.0 Å². The molecule has 0 spiro atoms. The summed E-state index contributed by atoms with van der Waals surface area (Å²) >= 11 is 0. The van der Waals surface area contributed by atoms with Gasteiger partial charge in [-0.05, 0) is 50.1 Å². The number of benzene rings is 2. The number of nitro benzene ring substituents is 1. The van der Waals surface area contributed by atoms with E-state index >= 15 is 0 Å². The van der Waals surface area contributed by atoms with E-state index in [1.54, 1.807) is 49.4 Å². The Balaban J connectivity index is 1.96. The Morgan fingerprint density at radius 2 is 2.06 bits per heavy atom. The highest BCUT2D eigenvalue weighted by molar-refractivity contribution is 5.68. The largest absolute Gasteiger partial charge is 0.497 e. The zero-order valence-electron chi connectivity index (χ0n) is 20.0. The van der Waals surface area contributed by atoms with Gasteiger partial charge in [-0.2, -0.15) is 9.78 Å². The summed E-state index contributed by atoms with van der Waals surface area (Å²) in [6.07, 6.45) is 1.74. The standard InChI is InChI=1S/C25H29N5O5/c1-4-27(2)24-15-21(17-7-5-9-20(13-17)35-3)26-29(25(24)32)23-14-18(10-11-22(23)30(33)34)28-12-6-8-19(28)16-31/h5,7,9-11,13-15,19,31H,4,6,8,12,16H2,1-3H3/t19-/m1/s1. The summed E-state index contributed by atoms with van der Waals surface area (Å²) in [7, 11) is 3.36. The number of nitrogens with zero attached hydrogens (tertiary/aromatic N) is 5. The number of anilines is 2. The van der Waals surface area contributed by atoms with E-state index in [4.69, 9.17) is 4.74 Å². The minimum absolute atomic E-state index is 0.0126. The van der Waals surface area contributed by atoms with Crippen LogP contribution in [-0.2, 0) is 0 Å². The molecule has 1 aromatic heterocycles. The van der Waals surface area contributed by atoms with Crippen molar-refractivity contribution in [2.45, 2.75) is 25.8 Å². The van der Waals surface area contributed by atoms with Crippen molar-refractivity contribution in [1.82, 2.24) is 9.78 Å². The third-order valence-corrected chi connectivity index (χ3v) is 6.45. The summed E-state index contributed by atoms with van der Waals surface area (Å²) in [5.41, 5.74) is 1.66. The lowest BCUT2D eigenvalue weighted by atomic mass is 10.1. The van der Waals surface area contributed by atoms with E-state index in [1.165, 1.54) is 6.07 Å². The van der Waals surface area contributed by atoms with Crippen LogP contribution in [-0.4, -0.2) is 59.7 Å². The number of aliphatic hydroxyl groups excluding tert-OH is 1. The predicted molar refractivity (Wildman–Crippen MR) is 135 cm³/mol. The van der Waals surface area contributed by atoms with Gasteiger partial charge in [0, 0.05) is 37.5 Å². The van der Waals surface area contributed by atoms with Crippen molar-refractivity contribution in [3.05, 3.63) is 69.0 Å². The van der Waals surface area contributed by atoms with Crippen molar-refractivity contribution >= 4 is 17.1 Å². The Bertz CT molecular complexity index is 1290. The molecule has 0 aliphatic carbocycles. The average Bonchev–Trinajstić information content (AvgIpc) is 3.37. The van der Waals surface area contributed by atoms with Crippen molar-refractivity contribution in [3.63, 3.8) is 0 Å². The van der Waals surface area contributed by atoms with Gasteiger partial charge in [0.25, 0.3) is 11.2 Å². The Morgan fingerprint density at radius 3 is 2.74 bits per heavy atom. The summed E-state index contributed by atoms with van der Waals surface area (Å²) in [5.74, 6) is 0.629. The summed E-state index contributed by atoms with van der Waals surface area (Å²) in [5, 5.41) is 26.3. The maximum absolute atomic E-state index is 13.6. The minimum atomic E-state index is -0.512. The Hall–Kier alpha value is -3.92. The smallest absolute Gasteiger partial charge is 0.295 e. The van der Waals surface area contributed by atoms with E-state index in [0.29, 0.717) is 34.9 Å². The van der Waals surface area contributed by atoms with Crippen LogP contribution in [0, 0.1) is 10.1 Å². The molecule has 1 aliphatic rings. The lowest BCUT2D eigenvalue weighted by molar-refractivity contribution is -0.384. The van der Waals surface area contributed by atoms with Gasteiger partial charge in [0.1, 0.15) is 17.1 Å². The van der Waals surface area contributed by atoms with Gasteiger partial charge in [-0.1, -0.05) is 12.1 Å². The highest BCUT2D eigenvalue weighted by atomic mass is 16.6. The third-order valence-electron chi connectivity index (χ3n) is 6.45. The van der Waals surface area contributed by atoms with Crippen molar-refractivity contribution in [2.24, 2.45) is 0 Å². The SMILES string of the molecule is CCN(C)c1cc(-c2cccc(OC)c2)nn(-c2cc(N3CCC[C@@H]3CO)ccc2[N+](=O)[O-])c1=O. The topological polar surface area (TPSA) is 114 Å². The fraction of sp³-hybridized carbons (Fsp3) is 0.360. The Morgan fingerprint density at radius 1 is 1.26 bits per heavy atom. The molecule has 10 heteroatoms. The van der Waals surface area contributed by atoms with Gasteiger partial charge >= 0.3 is 0 Å². The molecule has 1 atom stereocenters. The Labute approximate surface area is 203 Å². The number of rotatable bonds is 8. The number of aromatic nitrogens is 2. The van der Waals surface area contributed by atoms with E-state index in [2.05, 4.69) is 5.10 Å². The van der Waals surface area contributed by atoms with Crippen LogP contribution in [0.2, 0.25) is 0 Å². The fourth-order valence-corrected chi connectivity index (χ4v) is 4.39. The molecule has 1 fully saturated rings. The number of methoxy groups -OCH3 is 1. The normalized spacial score (nSPS) is 15.3. The molecule has 3 aromatic rings. The molecular formula is C25H29N5O5. The van der Waals surface area contributed by atoms with Crippen LogP contribution in [0.4, 0.5) is 17.1 Å². The highest BCUT2D eigenvalue weighted by Gasteiger charge is 2.27. The number of hydrogen-bond acceptors (Lipinski definition) is 8. The van der Waals surface area contributed by atoms with E-state index in [0.717, 1.165) is 24.1 Å². The fourth-order valence-electron chi connectivity index (χ4n) is 4.39. The zero-order valence-corrected chi connectivity index (χ0v) is 20.0. The molecule has 184 valence electrons. The van der Waals surface area contributed by atoms with Crippen molar-refractivity contribution in [2.75, 3.05) is 43.7 Å². The second-order valence-corrected chi connectivity index (χ2v) is 8.48. The third kappa shape index (κ3) is 4.69. The molecule has 4 rings (SSSR count). The summed E-state index contributed by atoms with van der Waals surface area (Å²) in [6.45, 7) is 3.19. The van der Waals surface area contributed by atoms with Gasteiger partial charge in [-0.15, -0.1) is 0 Å². The molecule has 1 N–H and O–H groups in total. The molecule has 0 amide bonds. The van der Waals surface area contributed by atoms with Crippen molar-refractivity contribution < 1.29 is 14.8 Å². The van der Waals surface area contributed by atoms with Crippen LogP contribution in [0.1, 0.15) is 19.8 Å². The van der Waals surface area contributed by atoms with Crippen LogP contribution >= 0.6 is 0 Å². The van der Waals surface area contributed by atoms with Crippen molar-refractivity contribution in [1.29, 1.82) is 0 Å². The first-order valence-electron chi connectivity index (χ1n) is 11.5. The van der Waals surface area contributed by atoms with Crippen LogP contribution in [0.5, 0.6) is 5.75 Å². The first kappa shape index (κ1) is 24.2. The molecule has 0 radical (unpaired) electrons. The van der Waals surface area contributed by atoms with E-state index < -0.39 is 10.5 Å². The monoisotopic (exact) mass is 479 g/mol. The molecule has 10 nitrogen and oxygen atoms in total. The summed E-state index contributed by atoms with van der Waals surface area (Å²) in [6, 6.07) is 13.6.